The van der Waals surface area contributed by atoms with Crippen LogP contribution in [0.2, 0.25) is 5.02 Å². The summed E-state index contributed by atoms with van der Waals surface area (Å²) < 4.78 is 12.8. The molecule has 0 spiro atoms. The van der Waals surface area contributed by atoms with Gasteiger partial charge in [0.25, 0.3) is 0 Å². The summed E-state index contributed by atoms with van der Waals surface area (Å²) in [4.78, 5) is 36.1. The number of ketones is 1. The van der Waals surface area contributed by atoms with E-state index < -0.39 is 0 Å². The number of ether oxygens (including phenoxy) is 2. The normalized spacial score (nSPS) is 21.5. The molecule has 3 aromatic rings. The molecule has 1 aromatic carbocycles. The number of hydrogen-bond donors (Lipinski definition) is 0. The van der Waals surface area contributed by atoms with Crippen LogP contribution in [0.25, 0.3) is 11.0 Å². The summed E-state index contributed by atoms with van der Waals surface area (Å²) in [7, 11) is 2.97. The summed E-state index contributed by atoms with van der Waals surface area (Å²) in [5.41, 5.74) is 4.72. The monoisotopic (exact) mass is 524 g/mol. The van der Waals surface area contributed by atoms with Crippen LogP contribution in [-0.4, -0.2) is 46.7 Å². The molecule has 0 saturated heterocycles. The van der Waals surface area contributed by atoms with E-state index in [4.69, 9.17) is 26.1 Å². The first-order valence-electron chi connectivity index (χ1n) is 12.9. The molecule has 0 unspecified atom stereocenters. The van der Waals surface area contributed by atoms with Gasteiger partial charge in [-0.15, -0.1) is 0 Å². The van der Waals surface area contributed by atoms with E-state index in [0.29, 0.717) is 17.3 Å². The standard InChI is InChI=1S/C28H33ClN4O4/c1-16-5-11-21-23(32(16)28(35)37-4)13-14-24-26(21)31-25(15-19-8-12-22(29)27(30-19)36-3)33(24)20-9-6-18(7-10-20)17(2)34/h8,12-14,16,18,20H,5-7,9-11,15H2,1-4H3/t16-,18?,20?/m0/s1. The van der Waals surface area contributed by atoms with E-state index in [-0.39, 0.29) is 29.9 Å². The van der Waals surface area contributed by atoms with Crippen LogP contribution in [0.4, 0.5) is 10.5 Å². The number of fused-ring (bicyclic) bond motifs is 3. The highest BCUT2D eigenvalue weighted by Gasteiger charge is 2.33. The Kier molecular flexibility index (Phi) is 7.12. The van der Waals surface area contributed by atoms with E-state index in [1.807, 2.05) is 19.1 Å². The van der Waals surface area contributed by atoms with Crippen molar-refractivity contribution in [2.24, 2.45) is 5.92 Å². The Morgan fingerprint density at radius 2 is 1.81 bits per heavy atom. The van der Waals surface area contributed by atoms with Gasteiger partial charge in [-0.25, -0.2) is 14.8 Å². The van der Waals surface area contributed by atoms with Gasteiger partial charge in [0.15, 0.2) is 0 Å². The molecule has 1 amide bonds. The van der Waals surface area contributed by atoms with Crippen LogP contribution in [0.3, 0.4) is 0 Å². The summed E-state index contributed by atoms with van der Waals surface area (Å²) in [6.45, 7) is 3.74. The Hall–Kier alpha value is -3.13. The number of aromatic nitrogens is 3. The SMILES string of the molecule is COC(=O)N1c2ccc3c(nc(Cc4ccc(Cl)c(OC)n4)n3C3CCC(C(C)=O)CC3)c2CC[C@@H]1C. The minimum atomic E-state index is -0.354. The summed E-state index contributed by atoms with van der Waals surface area (Å²) in [5, 5.41) is 0.466. The van der Waals surface area contributed by atoms with Crippen LogP contribution in [0.1, 0.15) is 69.1 Å². The molecule has 0 radical (unpaired) electrons. The highest BCUT2D eigenvalue weighted by atomic mass is 35.5. The molecule has 5 rings (SSSR count). The van der Waals surface area contributed by atoms with Crippen LogP contribution in [-0.2, 0) is 22.4 Å². The van der Waals surface area contributed by atoms with Gasteiger partial charge in [0, 0.05) is 30.0 Å². The second kappa shape index (κ2) is 10.3. The quantitative estimate of drug-likeness (QED) is 0.412. The summed E-state index contributed by atoms with van der Waals surface area (Å²) in [6.07, 6.45) is 5.43. The van der Waals surface area contributed by atoms with Crippen molar-refractivity contribution in [3.05, 3.63) is 46.4 Å². The number of hydrogen-bond acceptors (Lipinski definition) is 6. The highest BCUT2D eigenvalue weighted by Crippen LogP contribution is 2.41. The first-order valence-corrected chi connectivity index (χ1v) is 13.3. The van der Waals surface area contributed by atoms with Gasteiger partial charge in [0.05, 0.1) is 36.6 Å². The predicted octanol–water partition coefficient (Wildman–Crippen LogP) is 5.91. The number of amides is 1. The number of anilines is 1. The number of halogens is 1. The molecular formula is C28H33ClN4O4. The van der Waals surface area contributed by atoms with Crippen molar-refractivity contribution in [1.82, 2.24) is 14.5 Å². The van der Waals surface area contributed by atoms with Gasteiger partial charge < -0.3 is 14.0 Å². The Balaban J connectivity index is 1.62. The number of carbonyl (C=O) groups excluding carboxylic acids is 2. The number of aryl methyl sites for hydroxylation is 1. The van der Waals surface area contributed by atoms with Gasteiger partial charge in [-0.2, -0.15) is 0 Å². The van der Waals surface area contributed by atoms with Crippen LogP contribution in [0.15, 0.2) is 24.3 Å². The fraction of sp³-hybridized carbons (Fsp3) is 0.500. The molecule has 196 valence electrons. The van der Waals surface area contributed by atoms with Crippen molar-refractivity contribution >= 4 is 40.2 Å². The van der Waals surface area contributed by atoms with Gasteiger partial charge in [-0.3, -0.25) is 9.69 Å². The lowest BCUT2D eigenvalue weighted by molar-refractivity contribution is -0.121. The van der Waals surface area contributed by atoms with E-state index in [1.54, 1.807) is 25.0 Å². The van der Waals surface area contributed by atoms with Gasteiger partial charge in [0.1, 0.15) is 16.6 Å². The van der Waals surface area contributed by atoms with Crippen molar-refractivity contribution in [3.63, 3.8) is 0 Å². The molecule has 3 heterocycles. The molecule has 1 fully saturated rings. The van der Waals surface area contributed by atoms with Crippen LogP contribution < -0.4 is 9.64 Å². The lowest BCUT2D eigenvalue weighted by atomic mass is 9.83. The first-order chi connectivity index (χ1) is 17.8. The third-order valence-electron chi connectivity index (χ3n) is 7.94. The maximum atomic E-state index is 12.6. The van der Waals surface area contributed by atoms with Crippen molar-refractivity contribution < 1.29 is 19.1 Å². The van der Waals surface area contributed by atoms with E-state index in [9.17, 15) is 9.59 Å². The summed E-state index contributed by atoms with van der Waals surface area (Å²) >= 11 is 6.22. The predicted molar refractivity (Wildman–Crippen MR) is 143 cm³/mol. The number of Topliss-reactive ketones (excluding diaryl/α,β-unsaturated/α-hetero) is 1. The van der Waals surface area contributed by atoms with Gasteiger partial charge in [0.2, 0.25) is 5.88 Å². The van der Waals surface area contributed by atoms with Crippen LogP contribution in [0.5, 0.6) is 5.88 Å². The summed E-state index contributed by atoms with van der Waals surface area (Å²) in [6, 6.07) is 8.08. The molecule has 1 saturated carbocycles. The van der Waals surface area contributed by atoms with Crippen LogP contribution in [0, 0.1) is 5.92 Å². The lowest BCUT2D eigenvalue weighted by Crippen LogP contribution is -2.42. The third kappa shape index (κ3) is 4.67. The lowest BCUT2D eigenvalue weighted by Gasteiger charge is -2.34. The van der Waals surface area contributed by atoms with Crippen molar-refractivity contribution in [3.8, 4) is 5.88 Å². The molecule has 1 atom stereocenters. The molecule has 9 heteroatoms. The molecule has 1 aliphatic heterocycles. The zero-order valence-electron chi connectivity index (χ0n) is 21.8. The molecular weight excluding hydrogens is 492 g/mol. The second-order valence-corrected chi connectivity index (χ2v) is 10.6. The Bertz CT molecular complexity index is 1350. The van der Waals surface area contributed by atoms with E-state index in [2.05, 4.69) is 15.6 Å². The van der Waals surface area contributed by atoms with Crippen molar-refractivity contribution in [1.29, 1.82) is 0 Å². The number of rotatable bonds is 5. The maximum absolute atomic E-state index is 12.6. The van der Waals surface area contributed by atoms with E-state index >= 15 is 0 Å². The number of pyridine rings is 1. The van der Waals surface area contributed by atoms with Crippen molar-refractivity contribution in [2.45, 2.75) is 70.9 Å². The highest BCUT2D eigenvalue weighted by molar-refractivity contribution is 6.31. The smallest absolute Gasteiger partial charge is 0.414 e. The van der Waals surface area contributed by atoms with Crippen LogP contribution >= 0.6 is 11.6 Å². The second-order valence-electron chi connectivity index (χ2n) is 10.1. The average Bonchev–Trinajstić information content (AvgIpc) is 3.27. The Labute approximate surface area is 221 Å². The number of methoxy groups -OCH3 is 2. The first kappa shape index (κ1) is 25.5. The zero-order valence-corrected chi connectivity index (χ0v) is 22.5. The number of nitrogens with zero attached hydrogens (tertiary/aromatic N) is 4. The van der Waals surface area contributed by atoms with E-state index in [1.165, 1.54) is 7.11 Å². The zero-order chi connectivity index (χ0) is 26.3. The van der Waals surface area contributed by atoms with E-state index in [0.717, 1.165) is 72.3 Å². The molecule has 8 nitrogen and oxygen atoms in total. The molecule has 0 bridgehead atoms. The molecule has 2 aromatic heterocycles. The van der Waals surface area contributed by atoms with Gasteiger partial charge in [-0.05, 0) is 76.6 Å². The molecule has 37 heavy (non-hydrogen) atoms. The molecule has 0 N–H and O–H groups in total. The Morgan fingerprint density at radius 1 is 1.05 bits per heavy atom. The average molecular weight is 525 g/mol. The minimum Gasteiger partial charge on any atom is -0.480 e. The number of imidazole rings is 1. The largest absolute Gasteiger partial charge is 0.480 e. The minimum absolute atomic E-state index is 0.0477. The molecule has 1 aliphatic carbocycles. The fourth-order valence-electron chi connectivity index (χ4n) is 5.96. The Morgan fingerprint density at radius 3 is 2.49 bits per heavy atom. The third-order valence-corrected chi connectivity index (χ3v) is 8.23. The van der Waals surface area contributed by atoms with Gasteiger partial charge in [-0.1, -0.05) is 11.6 Å². The van der Waals surface area contributed by atoms with Crippen molar-refractivity contribution in [2.75, 3.05) is 19.1 Å². The maximum Gasteiger partial charge on any atom is 0.414 e. The fourth-order valence-corrected chi connectivity index (χ4v) is 6.14. The van der Waals surface area contributed by atoms with Gasteiger partial charge >= 0.3 is 6.09 Å². The number of benzene rings is 1. The topological polar surface area (TPSA) is 86.5 Å². The molecule has 2 aliphatic rings. The summed E-state index contributed by atoms with van der Waals surface area (Å²) in [5.74, 6) is 1.72. The number of carbonyl (C=O) groups is 2.